The summed E-state index contributed by atoms with van der Waals surface area (Å²) < 4.78 is 0. The molecule has 0 aliphatic heterocycles. The highest BCUT2D eigenvalue weighted by Gasteiger charge is 2.15. The SMILES string of the molecule is C[C@@H]1CCC(=O)CC[C@H](C)C1. The first-order chi connectivity index (χ1) is 5.18. The number of hydrogen-bond acceptors (Lipinski definition) is 1. The summed E-state index contributed by atoms with van der Waals surface area (Å²) in [6.07, 6.45) is 5.20. The Kier molecular flexibility index (Phi) is 3.10. The average molecular weight is 154 g/mol. The van der Waals surface area contributed by atoms with Crippen LogP contribution >= 0.6 is 0 Å². The van der Waals surface area contributed by atoms with Gasteiger partial charge in [0.05, 0.1) is 0 Å². The maximum Gasteiger partial charge on any atom is 0.132 e. The number of carbonyl (C=O) groups is 1. The highest BCUT2D eigenvalue weighted by molar-refractivity contribution is 5.78. The molecule has 0 spiro atoms. The summed E-state index contributed by atoms with van der Waals surface area (Å²) in [5.41, 5.74) is 0. The van der Waals surface area contributed by atoms with E-state index in [2.05, 4.69) is 13.8 Å². The topological polar surface area (TPSA) is 17.1 Å². The van der Waals surface area contributed by atoms with Crippen LogP contribution in [0.1, 0.15) is 46.0 Å². The van der Waals surface area contributed by atoms with Crippen LogP contribution in [0.3, 0.4) is 0 Å². The van der Waals surface area contributed by atoms with E-state index in [1.165, 1.54) is 6.42 Å². The molecule has 1 nitrogen and oxygen atoms in total. The van der Waals surface area contributed by atoms with Crippen molar-refractivity contribution >= 4 is 5.78 Å². The summed E-state index contributed by atoms with van der Waals surface area (Å²) in [6.45, 7) is 4.52. The van der Waals surface area contributed by atoms with E-state index in [4.69, 9.17) is 0 Å². The minimum atomic E-state index is 0.475. The van der Waals surface area contributed by atoms with Gasteiger partial charge in [-0.15, -0.1) is 0 Å². The summed E-state index contributed by atoms with van der Waals surface area (Å²) >= 11 is 0. The minimum absolute atomic E-state index is 0.475. The third-order valence-electron chi connectivity index (χ3n) is 2.64. The Hall–Kier alpha value is -0.330. The van der Waals surface area contributed by atoms with Gasteiger partial charge in [0.25, 0.3) is 0 Å². The summed E-state index contributed by atoms with van der Waals surface area (Å²) in [6, 6.07) is 0. The highest BCUT2D eigenvalue weighted by atomic mass is 16.1. The first-order valence-corrected chi connectivity index (χ1v) is 4.70. The van der Waals surface area contributed by atoms with Crippen LogP contribution in [0.4, 0.5) is 0 Å². The van der Waals surface area contributed by atoms with Gasteiger partial charge in [-0.2, -0.15) is 0 Å². The first-order valence-electron chi connectivity index (χ1n) is 4.70. The van der Waals surface area contributed by atoms with E-state index in [1.54, 1.807) is 0 Å². The van der Waals surface area contributed by atoms with E-state index >= 15 is 0 Å². The van der Waals surface area contributed by atoms with Gasteiger partial charge in [-0.25, -0.2) is 0 Å². The van der Waals surface area contributed by atoms with Gasteiger partial charge in [-0.05, 0) is 31.1 Å². The summed E-state index contributed by atoms with van der Waals surface area (Å²) in [5, 5.41) is 0. The Balaban J connectivity index is 2.40. The third kappa shape index (κ3) is 3.04. The Bertz CT molecular complexity index is 126. The first kappa shape index (κ1) is 8.76. The van der Waals surface area contributed by atoms with Crippen LogP contribution in [0.25, 0.3) is 0 Å². The maximum atomic E-state index is 11.1. The van der Waals surface area contributed by atoms with E-state index in [1.807, 2.05) is 0 Å². The fourth-order valence-corrected chi connectivity index (χ4v) is 1.86. The predicted octanol–water partition coefficient (Wildman–Crippen LogP) is 2.79. The molecule has 11 heavy (non-hydrogen) atoms. The molecule has 1 aliphatic carbocycles. The van der Waals surface area contributed by atoms with Crippen LogP contribution in [0.15, 0.2) is 0 Å². The molecule has 0 bridgehead atoms. The second kappa shape index (κ2) is 3.89. The van der Waals surface area contributed by atoms with Crippen molar-refractivity contribution in [1.82, 2.24) is 0 Å². The Morgan fingerprint density at radius 3 is 2.00 bits per heavy atom. The lowest BCUT2D eigenvalue weighted by Crippen LogP contribution is -2.12. The van der Waals surface area contributed by atoms with Crippen LogP contribution in [-0.2, 0) is 4.79 Å². The lowest BCUT2D eigenvalue weighted by molar-refractivity contribution is -0.120. The van der Waals surface area contributed by atoms with Crippen molar-refractivity contribution in [3.63, 3.8) is 0 Å². The van der Waals surface area contributed by atoms with E-state index in [-0.39, 0.29) is 0 Å². The van der Waals surface area contributed by atoms with Crippen LogP contribution in [-0.4, -0.2) is 5.78 Å². The Morgan fingerprint density at radius 1 is 1.09 bits per heavy atom. The lowest BCUT2D eigenvalue weighted by atomic mass is 9.86. The zero-order chi connectivity index (χ0) is 8.27. The van der Waals surface area contributed by atoms with E-state index < -0.39 is 0 Å². The average Bonchev–Trinajstić information content (AvgIpc) is 1.95. The lowest BCUT2D eigenvalue weighted by Gasteiger charge is -2.19. The van der Waals surface area contributed by atoms with Crippen LogP contribution in [0.2, 0.25) is 0 Å². The van der Waals surface area contributed by atoms with Crippen molar-refractivity contribution in [2.45, 2.75) is 46.0 Å². The zero-order valence-corrected chi connectivity index (χ0v) is 7.60. The normalized spacial score (nSPS) is 34.5. The Morgan fingerprint density at radius 2 is 1.55 bits per heavy atom. The Labute approximate surface area is 69.2 Å². The molecule has 0 heterocycles. The number of rotatable bonds is 0. The van der Waals surface area contributed by atoms with Gasteiger partial charge in [-0.1, -0.05) is 13.8 Å². The van der Waals surface area contributed by atoms with Crippen molar-refractivity contribution in [3.8, 4) is 0 Å². The van der Waals surface area contributed by atoms with Gasteiger partial charge in [0, 0.05) is 12.8 Å². The van der Waals surface area contributed by atoms with Crippen LogP contribution in [0.5, 0.6) is 0 Å². The van der Waals surface area contributed by atoms with Crippen LogP contribution < -0.4 is 0 Å². The predicted molar refractivity (Wildman–Crippen MR) is 46.4 cm³/mol. The number of hydrogen-bond donors (Lipinski definition) is 0. The molecular formula is C10H18O. The monoisotopic (exact) mass is 154 g/mol. The standard InChI is InChI=1S/C10H18O/c1-8-3-5-10(11)6-4-9(2)7-8/h8-9H,3-7H2,1-2H3/t8-,9+. The molecule has 1 heteroatoms. The minimum Gasteiger partial charge on any atom is -0.300 e. The van der Waals surface area contributed by atoms with Gasteiger partial charge in [0.2, 0.25) is 0 Å². The van der Waals surface area contributed by atoms with Gasteiger partial charge in [0.15, 0.2) is 0 Å². The summed E-state index contributed by atoms with van der Waals surface area (Å²) in [4.78, 5) is 11.1. The number of ketones is 1. The second-order valence-corrected chi connectivity index (χ2v) is 4.06. The molecule has 2 atom stereocenters. The molecule has 0 aromatic heterocycles. The molecule has 0 aromatic carbocycles. The second-order valence-electron chi connectivity index (χ2n) is 4.06. The smallest absolute Gasteiger partial charge is 0.132 e. The van der Waals surface area contributed by atoms with E-state index in [9.17, 15) is 4.79 Å². The zero-order valence-electron chi connectivity index (χ0n) is 7.60. The number of carbonyl (C=O) groups excluding carboxylic acids is 1. The van der Waals surface area contributed by atoms with Crippen molar-refractivity contribution in [2.24, 2.45) is 11.8 Å². The molecule has 0 radical (unpaired) electrons. The van der Waals surface area contributed by atoms with Crippen molar-refractivity contribution in [1.29, 1.82) is 0 Å². The number of Topliss-reactive ketones (excluding diaryl/α,β-unsaturated/α-hetero) is 1. The quantitative estimate of drug-likeness (QED) is 0.524. The molecule has 1 aliphatic rings. The molecule has 0 unspecified atom stereocenters. The summed E-state index contributed by atoms with van der Waals surface area (Å²) in [5.74, 6) is 1.99. The van der Waals surface area contributed by atoms with Gasteiger partial charge in [-0.3, -0.25) is 4.79 Å². The van der Waals surface area contributed by atoms with Crippen molar-refractivity contribution in [2.75, 3.05) is 0 Å². The fourth-order valence-electron chi connectivity index (χ4n) is 1.86. The van der Waals surface area contributed by atoms with Gasteiger partial charge in [0.1, 0.15) is 5.78 Å². The largest absolute Gasteiger partial charge is 0.300 e. The molecule has 1 fully saturated rings. The molecule has 0 N–H and O–H groups in total. The van der Waals surface area contributed by atoms with E-state index in [0.717, 1.165) is 37.5 Å². The molecule has 0 aromatic rings. The van der Waals surface area contributed by atoms with Gasteiger partial charge < -0.3 is 0 Å². The maximum absolute atomic E-state index is 11.1. The van der Waals surface area contributed by atoms with Crippen molar-refractivity contribution < 1.29 is 4.79 Å². The summed E-state index contributed by atoms with van der Waals surface area (Å²) in [7, 11) is 0. The third-order valence-corrected chi connectivity index (χ3v) is 2.64. The van der Waals surface area contributed by atoms with Crippen molar-refractivity contribution in [3.05, 3.63) is 0 Å². The van der Waals surface area contributed by atoms with Crippen LogP contribution in [0, 0.1) is 11.8 Å². The molecular weight excluding hydrogens is 136 g/mol. The molecule has 64 valence electrons. The van der Waals surface area contributed by atoms with Gasteiger partial charge >= 0.3 is 0 Å². The molecule has 0 saturated heterocycles. The highest BCUT2D eigenvalue weighted by Crippen LogP contribution is 2.24. The molecule has 1 rings (SSSR count). The molecule has 1 saturated carbocycles. The molecule has 0 amide bonds. The fraction of sp³-hybridized carbons (Fsp3) is 0.900. The van der Waals surface area contributed by atoms with E-state index in [0.29, 0.717) is 5.78 Å².